The van der Waals surface area contributed by atoms with E-state index in [0.29, 0.717) is 5.95 Å². The van der Waals surface area contributed by atoms with Gasteiger partial charge in [0.05, 0.1) is 6.54 Å². The highest BCUT2D eigenvalue weighted by Gasteiger charge is 2.23. The Labute approximate surface area is 111 Å². The van der Waals surface area contributed by atoms with Crippen molar-refractivity contribution >= 4 is 17.8 Å². The van der Waals surface area contributed by atoms with Gasteiger partial charge in [-0.2, -0.15) is 0 Å². The molecule has 0 saturated heterocycles. The summed E-state index contributed by atoms with van der Waals surface area (Å²) in [6.07, 6.45) is 3.15. The van der Waals surface area contributed by atoms with E-state index in [2.05, 4.69) is 15.3 Å². The number of aromatic nitrogens is 2. The molecule has 7 nitrogen and oxygen atoms in total. The lowest BCUT2D eigenvalue weighted by Crippen LogP contribution is -2.47. The van der Waals surface area contributed by atoms with Crippen LogP contribution in [0.4, 0.5) is 5.95 Å². The molecular formula is C12H18N4O3. The normalized spacial score (nSPS) is 12.0. The van der Waals surface area contributed by atoms with Crippen molar-refractivity contribution in [1.82, 2.24) is 15.3 Å². The summed E-state index contributed by atoms with van der Waals surface area (Å²) in [6, 6.07) is 0.786. The molecule has 19 heavy (non-hydrogen) atoms. The molecule has 0 fully saturated rings. The van der Waals surface area contributed by atoms with E-state index in [-0.39, 0.29) is 18.4 Å². The molecule has 0 aliphatic heterocycles. The first-order chi connectivity index (χ1) is 8.91. The number of aliphatic carboxylic acids is 1. The number of anilines is 1. The van der Waals surface area contributed by atoms with E-state index in [1.165, 1.54) is 0 Å². The number of rotatable bonds is 6. The van der Waals surface area contributed by atoms with Crippen LogP contribution < -0.4 is 10.2 Å². The van der Waals surface area contributed by atoms with Crippen molar-refractivity contribution in [2.75, 3.05) is 18.5 Å². The van der Waals surface area contributed by atoms with Gasteiger partial charge in [-0.25, -0.2) is 14.8 Å². The molecule has 0 aliphatic rings. The average molecular weight is 266 g/mol. The van der Waals surface area contributed by atoms with Crippen molar-refractivity contribution < 1.29 is 14.7 Å². The number of nitrogens with one attached hydrogen (secondary N) is 1. The van der Waals surface area contributed by atoms with E-state index in [0.717, 1.165) is 0 Å². The van der Waals surface area contributed by atoms with E-state index in [1.54, 1.807) is 44.3 Å². The highest BCUT2D eigenvalue weighted by Crippen LogP contribution is 2.03. The third-order valence-electron chi connectivity index (χ3n) is 2.52. The number of nitrogens with zero attached hydrogens (tertiary/aromatic N) is 3. The van der Waals surface area contributed by atoms with Crippen molar-refractivity contribution in [3.05, 3.63) is 18.5 Å². The van der Waals surface area contributed by atoms with Crippen molar-refractivity contribution in [3.8, 4) is 0 Å². The number of carboxylic acids is 1. The smallest absolute Gasteiger partial charge is 0.326 e. The Bertz CT molecular complexity index is 436. The van der Waals surface area contributed by atoms with Crippen LogP contribution in [0.15, 0.2) is 18.5 Å². The highest BCUT2D eigenvalue weighted by molar-refractivity contribution is 5.86. The first-order valence-corrected chi connectivity index (χ1v) is 5.92. The quantitative estimate of drug-likeness (QED) is 0.760. The molecular weight excluding hydrogens is 248 g/mol. The van der Waals surface area contributed by atoms with Gasteiger partial charge >= 0.3 is 5.97 Å². The lowest BCUT2D eigenvalue weighted by molar-refractivity contribution is -0.142. The number of amides is 1. The molecule has 104 valence electrons. The van der Waals surface area contributed by atoms with E-state index in [1.807, 2.05) is 0 Å². The molecule has 0 unspecified atom stereocenters. The summed E-state index contributed by atoms with van der Waals surface area (Å²) in [5, 5.41) is 11.5. The maximum Gasteiger partial charge on any atom is 0.326 e. The molecule has 7 heteroatoms. The summed E-state index contributed by atoms with van der Waals surface area (Å²) in [4.78, 5) is 32.3. The molecule has 0 saturated carbocycles. The number of carbonyl (C=O) groups excluding carboxylic acids is 1. The summed E-state index contributed by atoms with van der Waals surface area (Å²) in [6.45, 7) is 3.48. The summed E-state index contributed by atoms with van der Waals surface area (Å²) in [5.74, 6) is -1.19. The van der Waals surface area contributed by atoms with E-state index < -0.39 is 12.0 Å². The third kappa shape index (κ3) is 4.53. The molecule has 0 spiro atoms. The maximum absolute atomic E-state index is 11.8. The lowest BCUT2D eigenvalue weighted by atomic mass is 10.1. The van der Waals surface area contributed by atoms with E-state index in [9.17, 15) is 9.59 Å². The fraction of sp³-hybridized carbons (Fsp3) is 0.500. The van der Waals surface area contributed by atoms with Gasteiger partial charge in [0.1, 0.15) is 6.04 Å². The SMILES string of the molecule is CC(C)[C@@H](NC(=O)CN(C)c1ncccn1)C(=O)O. The second-order valence-electron chi connectivity index (χ2n) is 4.53. The van der Waals surface area contributed by atoms with Gasteiger partial charge < -0.3 is 15.3 Å². The highest BCUT2D eigenvalue weighted by atomic mass is 16.4. The van der Waals surface area contributed by atoms with Crippen LogP contribution in [-0.4, -0.2) is 46.6 Å². The Balaban J connectivity index is 2.58. The second kappa shape index (κ2) is 6.67. The fourth-order valence-electron chi connectivity index (χ4n) is 1.51. The van der Waals surface area contributed by atoms with Gasteiger partial charge in [0.25, 0.3) is 0 Å². The molecule has 1 rings (SSSR count). The standard InChI is InChI=1S/C12H18N4O3/c1-8(2)10(11(18)19)15-9(17)7-16(3)12-13-5-4-6-14-12/h4-6,8,10H,7H2,1-3H3,(H,15,17)(H,18,19)/t10-/m1/s1. The second-order valence-corrected chi connectivity index (χ2v) is 4.53. The van der Waals surface area contributed by atoms with Crippen molar-refractivity contribution in [3.63, 3.8) is 0 Å². The minimum Gasteiger partial charge on any atom is -0.480 e. The molecule has 2 N–H and O–H groups in total. The predicted octanol–water partition coefficient (Wildman–Crippen LogP) is 0.138. The summed E-state index contributed by atoms with van der Waals surface area (Å²) >= 11 is 0. The molecule has 0 aromatic carbocycles. The Hall–Kier alpha value is -2.18. The monoisotopic (exact) mass is 266 g/mol. The Morgan fingerprint density at radius 3 is 2.42 bits per heavy atom. The maximum atomic E-state index is 11.8. The minimum atomic E-state index is -1.04. The zero-order valence-corrected chi connectivity index (χ0v) is 11.2. The molecule has 1 atom stereocenters. The molecule has 0 bridgehead atoms. The van der Waals surface area contributed by atoms with Crippen molar-refractivity contribution in [2.45, 2.75) is 19.9 Å². The van der Waals surface area contributed by atoms with Crippen LogP contribution in [0.3, 0.4) is 0 Å². The van der Waals surface area contributed by atoms with Crippen LogP contribution in [0.5, 0.6) is 0 Å². The zero-order valence-electron chi connectivity index (χ0n) is 11.2. The number of carbonyl (C=O) groups is 2. The minimum absolute atomic E-state index is 0.000509. The molecule has 1 amide bonds. The molecule has 1 aromatic rings. The Morgan fingerprint density at radius 1 is 1.37 bits per heavy atom. The van der Waals surface area contributed by atoms with Crippen molar-refractivity contribution in [1.29, 1.82) is 0 Å². The average Bonchev–Trinajstić information content (AvgIpc) is 2.36. The first kappa shape index (κ1) is 14.9. The zero-order chi connectivity index (χ0) is 14.4. The van der Waals surface area contributed by atoms with Crippen LogP contribution in [-0.2, 0) is 9.59 Å². The van der Waals surface area contributed by atoms with Crippen LogP contribution >= 0.6 is 0 Å². The molecule has 1 aromatic heterocycles. The van der Waals surface area contributed by atoms with Crippen LogP contribution in [0.25, 0.3) is 0 Å². The van der Waals surface area contributed by atoms with E-state index in [4.69, 9.17) is 5.11 Å². The van der Waals surface area contributed by atoms with Crippen LogP contribution in [0.1, 0.15) is 13.8 Å². The van der Waals surface area contributed by atoms with Crippen LogP contribution in [0, 0.1) is 5.92 Å². The van der Waals surface area contributed by atoms with Gasteiger partial charge in [0.15, 0.2) is 0 Å². The fourth-order valence-corrected chi connectivity index (χ4v) is 1.51. The van der Waals surface area contributed by atoms with Gasteiger partial charge in [-0.15, -0.1) is 0 Å². The molecule has 0 radical (unpaired) electrons. The van der Waals surface area contributed by atoms with Crippen molar-refractivity contribution in [2.24, 2.45) is 5.92 Å². The third-order valence-corrected chi connectivity index (χ3v) is 2.52. The topological polar surface area (TPSA) is 95.4 Å². The number of carboxylic acid groups (broad SMARTS) is 1. The van der Waals surface area contributed by atoms with E-state index >= 15 is 0 Å². The van der Waals surface area contributed by atoms with Gasteiger partial charge in [-0.1, -0.05) is 13.8 Å². The predicted molar refractivity (Wildman–Crippen MR) is 69.7 cm³/mol. The Kier molecular flexibility index (Phi) is 5.23. The van der Waals surface area contributed by atoms with Gasteiger partial charge in [-0.3, -0.25) is 4.79 Å². The molecule has 1 heterocycles. The van der Waals surface area contributed by atoms with Crippen LogP contribution in [0.2, 0.25) is 0 Å². The summed E-state index contributed by atoms with van der Waals surface area (Å²) in [7, 11) is 1.67. The van der Waals surface area contributed by atoms with Gasteiger partial charge in [0, 0.05) is 19.4 Å². The first-order valence-electron chi connectivity index (χ1n) is 5.92. The number of hydrogen-bond acceptors (Lipinski definition) is 5. The Morgan fingerprint density at radius 2 is 1.95 bits per heavy atom. The number of likely N-dealkylation sites (N-methyl/N-ethyl adjacent to an activating group) is 1. The summed E-state index contributed by atoms with van der Waals surface area (Å²) < 4.78 is 0. The number of hydrogen-bond donors (Lipinski definition) is 2. The van der Waals surface area contributed by atoms with Gasteiger partial charge in [0.2, 0.25) is 11.9 Å². The summed E-state index contributed by atoms with van der Waals surface area (Å²) in [5.41, 5.74) is 0. The van der Waals surface area contributed by atoms with Gasteiger partial charge in [-0.05, 0) is 12.0 Å². The molecule has 0 aliphatic carbocycles. The largest absolute Gasteiger partial charge is 0.480 e. The lowest BCUT2D eigenvalue weighted by Gasteiger charge is -2.21.